The second-order valence-electron chi connectivity index (χ2n) is 6.03. The molecule has 8 heteroatoms. The molecule has 3 heterocycles. The van der Waals surface area contributed by atoms with Gasteiger partial charge < -0.3 is 19.7 Å². The van der Waals surface area contributed by atoms with Gasteiger partial charge in [-0.3, -0.25) is 9.59 Å². The highest BCUT2D eigenvalue weighted by Crippen LogP contribution is 2.37. The minimum absolute atomic E-state index is 0.00787. The molecule has 0 radical (unpaired) electrons. The van der Waals surface area contributed by atoms with Gasteiger partial charge in [-0.2, -0.15) is 5.26 Å². The summed E-state index contributed by atoms with van der Waals surface area (Å²) in [7, 11) is 0. The number of fused-ring (bicyclic) bond motifs is 2. The highest BCUT2D eigenvalue weighted by molar-refractivity contribution is 7.16. The lowest BCUT2D eigenvalue weighted by molar-refractivity contribution is -0.129. The maximum Gasteiger partial charge on any atom is 0.256 e. The summed E-state index contributed by atoms with van der Waals surface area (Å²) in [5, 5.41) is 12.9. The molecule has 0 atom stereocenters. The van der Waals surface area contributed by atoms with Crippen LogP contribution in [0.25, 0.3) is 0 Å². The second-order valence-corrected chi connectivity index (χ2v) is 7.14. The highest BCUT2D eigenvalue weighted by Gasteiger charge is 2.26. The number of carbonyl (C=O) groups excluding carboxylic acids is 2. The number of hydrogen-bond acceptors (Lipinski definition) is 6. The molecule has 1 N–H and O–H groups in total. The van der Waals surface area contributed by atoms with Crippen LogP contribution in [-0.4, -0.2) is 30.1 Å². The van der Waals surface area contributed by atoms with Crippen molar-refractivity contribution in [2.24, 2.45) is 0 Å². The number of ether oxygens (including phenoxy) is 2. The highest BCUT2D eigenvalue weighted by atomic mass is 32.1. The first kappa shape index (κ1) is 16.4. The molecule has 0 saturated carbocycles. The topological polar surface area (TPSA) is 91.7 Å². The molecule has 0 spiro atoms. The molecular weight excluding hydrogens is 354 g/mol. The van der Waals surface area contributed by atoms with E-state index in [4.69, 9.17) is 9.47 Å². The molecule has 2 aromatic rings. The molecule has 26 heavy (non-hydrogen) atoms. The Balaban J connectivity index is 1.60. The number of hydrogen-bond donors (Lipinski definition) is 1. The fourth-order valence-electron chi connectivity index (χ4n) is 3.09. The van der Waals surface area contributed by atoms with Crippen LogP contribution in [-0.2, 0) is 17.8 Å². The minimum atomic E-state index is -0.318. The van der Waals surface area contributed by atoms with E-state index < -0.39 is 0 Å². The zero-order chi connectivity index (χ0) is 18.3. The Hall–Kier alpha value is -3.05. The Morgan fingerprint density at radius 2 is 2.12 bits per heavy atom. The SMILES string of the molecule is CC(=O)N1CCc2c(sc(NC(=O)c3ccc4c(c3)OCO4)c2C#N)C1. The number of nitriles is 1. The quantitative estimate of drug-likeness (QED) is 0.878. The number of benzene rings is 1. The van der Waals surface area contributed by atoms with Crippen molar-refractivity contribution in [2.75, 3.05) is 18.7 Å². The van der Waals surface area contributed by atoms with Gasteiger partial charge in [0.15, 0.2) is 11.5 Å². The van der Waals surface area contributed by atoms with Crippen molar-refractivity contribution in [1.29, 1.82) is 5.26 Å². The molecular formula is C18H15N3O4S. The summed E-state index contributed by atoms with van der Waals surface area (Å²) in [5.41, 5.74) is 1.84. The van der Waals surface area contributed by atoms with Crippen molar-refractivity contribution in [1.82, 2.24) is 4.90 Å². The first-order valence-electron chi connectivity index (χ1n) is 8.08. The van der Waals surface area contributed by atoms with E-state index >= 15 is 0 Å². The number of thiophene rings is 1. The van der Waals surface area contributed by atoms with E-state index in [0.29, 0.717) is 47.1 Å². The molecule has 0 unspecified atom stereocenters. The number of anilines is 1. The predicted octanol–water partition coefficient (Wildman–Crippen LogP) is 2.51. The number of amides is 2. The van der Waals surface area contributed by atoms with E-state index in [2.05, 4.69) is 11.4 Å². The second kappa shape index (κ2) is 6.35. The monoisotopic (exact) mass is 369 g/mol. The van der Waals surface area contributed by atoms with Gasteiger partial charge in [-0.05, 0) is 30.2 Å². The molecule has 2 aliphatic rings. The normalized spacial score (nSPS) is 14.5. The third kappa shape index (κ3) is 2.76. The first-order chi connectivity index (χ1) is 12.6. The molecule has 132 valence electrons. The Morgan fingerprint density at radius 1 is 1.31 bits per heavy atom. The van der Waals surface area contributed by atoms with Gasteiger partial charge in [-0.25, -0.2) is 0 Å². The zero-order valence-electron chi connectivity index (χ0n) is 14.0. The Kier molecular flexibility index (Phi) is 4.01. The maximum atomic E-state index is 12.6. The molecule has 2 aliphatic heterocycles. The van der Waals surface area contributed by atoms with Crippen LogP contribution in [0.4, 0.5) is 5.00 Å². The van der Waals surface area contributed by atoms with Gasteiger partial charge in [0.25, 0.3) is 5.91 Å². The van der Waals surface area contributed by atoms with Crippen LogP contribution in [0.15, 0.2) is 18.2 Å². The van der Waals surface area contributed by atoms with Crippen molar-refractivity contribution < 1.29 is 19.1 Å². The van der Waals surface area contributed by atoms with E-state index in [1.54, 1.807) is 23.1 Å². The van der Waals surface area contributed by atoms with Gasteiger partial charge in [0.2, 0.25) is 12.7 Å². The number of nitrogens with zero attached hydrogens (tertiary/aromatic N) is 2. The van der Waals surface area contributed by atoms with E-state index in [1.165, 1.54) is 18.3 Å². The smallest absolute Gasteiger partial charge is 0.256 e. The van der Waals surface area contributed by atoms with Crippen LogP contribution >= 0.6 is 11.3 Å². The average Bonchev–Trinajstić information content (AvgIpc) is 3.23. The summed E-state index contributed by atoms with van der Waals surface area (Å²) in [5.74, 6) is 0.825. The molecule has 1 aromatic heterocycles. The van der Waals surface area contributed by atoms with Crippen LogP contribution in [0, 0.1) is 11.3 Å². The van der Waals surface area contributed by atoms with Crippen molar-refractivity contribution in [3.05, 3.63) is 39.8 Å². The zero-order valence-corrected chi connectivity index (χ0v) is 14.8. The third-order valence-electron chi connectivity index (χ3n) is 4.48. The summed E-state index contributed by atoms with van der Waals surface area (Å²) in [4.78, 5) is 26.9. The van der Waals surface area contributed by atoms with Gasteiger partial charge in [-0.1, -0.05) is 0 Å². The fourth-order valence-corrected chi connectivity index (χ4v) is 4.30. The maximum absolute atomic E-state index is 12.6. The van der Waals surface area contributed by atoms with Gasteiger partial charge in [0.1, 0.15) is 11.1 Å². The molecule has 4 rings (SSSR count). The van der Waals surface area contributed by atoms with Gasteiger partial charge in [0.05, 0.1) is 12.1 Å². The summed E-state index contributed by atoms with van der Waals surface area (Å²) in [6.07, 6.45) is 0.619. The Morgan fingerprint density at radius 3 is 2.88 bits per heavy atom. The van der Waals surface area contributed by atoms with Crippen LogP contribution in [0.3, 0.4) is 0 Å². The molecule has 0 bridgehead atoms. The molecule has 0 aliphatic carbocycles. The standard InChI is InChI=1S/C18H15N3O4S/c1-10(22)21-5-4-12-13(7-19)18(26-16(12)8-21)20-17(23)11-2-3-14-15(6-11)25-9-24-14/h2-3,6H,4-5,8-9H2,1H3,(H,20,23). The molecule has 7 nitrogen and oxygen atoms in total. The summed E-state index contributed by atoms with van der Waals surface area (Å²) >= 11 is 1.35. The lowest BCUT2D eigenvalue weighted by Crippen LogP contribution is -2.33. The van der Waals surface area contributed by atoms with Crippen molar-refractivity contribution in [3.8, 4) is 17.6 Å². The largest absolute Gasteiger partial charge is 0.454 e. The molecule has 0 fully saturated rings. The lowest BCUT2D eigenvalue weighted by atomic mass is 10.0. The average molecular weight is 369 g/mol. The number of carbonyl (C=O) groups is 2. The van der Waals surface area contributed by atoms with Crippen molar-refractivity contribution >= 4 is 28.2 Å². The number of nitrogens with one attached hydrogen (secondary N) is 1. The summed E-state index contributed by atoms with van der Waals surface area (Å²) in [6.45, 7) is 2.74. The lowest BCUT2D eigenvalue weighted by Gasteiger charge is -2.25. The first-order valence-corrected chi connectivity index (χ1v) is 8.89. The fraction of sp³-hybridized carbons (Fsp3) is 0.278. The van der Waals surface area contributed by atoms with Crippen LogP contribution in [0.1, 0.15) is 33.3 Å². The van der Waals surface area contributed by atoms with Gasteiger partial charge in [-0.15, -0.1) is 11.3 Å². The Labute approximate surface area is 153 Å². The van der Waals surface area contributed by atoms with Crippen molar-refractivity contribution in [2.45, 2.75) is 19.9 Å². The van der Waals surface area contributed by atoms with E-state index in [1.807, 2.05) is 0 Å². The predicted molar refractivity (Wildman–Crippen MR) is 94.3 cm³/mol. The van der Waals surface area contributed by atoms with Gasteiger partial charge in [0, 0.05) is 23.9 Å². The minimum Gasteiger partial charge on any atom is -0.454 e. The van der Waals surface area contributed by atoms with Crippen LogP contribution in [0.2, 0.25) is 0 Å². The van der Waals surface area contributed by atoms with Crippen LogP contribution in [0.5, 0.6) is 11.5 Å². The molecule has 2 amide bonds. The van der Waals surface area contributed by atoms with E-state index in [-0.39, 0.29) is 18.6 Å². The molecule has 0 saturated heterocycles. The molecule has 1 aromatic carbocycles. The summed E-state index contributed by atoms with van der Waals surface area (Å²) in [6, 6.07) is 7.15. The number of rotatable bonds is 2. The van der Waals surface area contributed by atoms with Gasteiger partial charge >= 0.3 is 0 Å². The Bertz CT molecular complexity index is 960. The van der Waals surface area contributed by atoms with E-state index in [9.17, 15) is 14.9 Å². The van der Waals surface area contributed by atoms with Crippen LogP contribution < -0.4 is 14.8 Å². The summed E-state index contributed by atoms with van der Waals surface area (Å²) < 4.78 is 10.5. The van der Waals surface area contributed by atoms with Crippen molar-refractivity contribution in [3.63, 3.8) is 0 Å². The van der Waals surface area contributed by atoms with E-state index in [0.717, 1.165) is 10.4 Å². The third-order valence-corrected chi connectivity index (χ3v) is 5.61.